The molecule has 0 saturated carbocycles. The summed E-state index contributed by atoms with van der Waals surface area (Å²) in [5, 5.41) is 0. The van der Waals surface area contributed by atoms with E-state index in [-0.39, 0.29) is 24.9 Å². The third-order valence-corrected chi connectivity index (χ3v) is 8.71. The van der Waals surface area contributed by atoms with Gasteiger partial charge < -0.3 is 38.2 Å². The first-order valence-corrected chi connectivity index (χ1v) is 16.3. The van der Waals surface area contributed by atoms with Crippen molar-refractivity contribution in [3.8, 4) is 34.5 Å². The van der Waals surface area contributed by atoms with Crippen molar-refractivity contribution in [3.05, 3.63) is 133 Å². The maximum absolute atomic E-state index is 13.8. The number of carbonyl (C=O) groups excluding carboxylic acids is 2. The second kappa shape index (κ2) is 15.5. The highest BCUT2D eigenvalue weighted by Crippen LogP contribution is 2.43. The molecule has 2 aliphatic heterocycles. The molecule has 4 aromatic rings. The van der Waals surface area contributed by atoms with Gasteiger partial charge in [0.2, 0.25) is 12.2 Å². The zero-order valence-electron chi connectivity index (χ0n) is 28.1. The number of benzene rings is 4. The maximum Gasteiger partial charge on any atom is 0.266 e. The Hall–Kier alpha value is -5.90. The number of likely N-dealkylation sites (tertiary alicyclic amines) is 2. The van der Waals surface area contributed by atoms with E-state index in [1.54, 1.807) is 60.4 Å². The molecular weight excluding hydrogens is 636 g/mol. The SMILES string of the molecule is C=CCOc1ccccc1O[C@@H]1C(=O)N(CCN2C(=O)[C@H](Oc3ccccc3OCC=C)[C@@H]2c2ccc(OC)cc2)[C@@H]1c1ccc(OC)cc1. The topological polar surface area (TPSA) is 96.0 Å². The van der Waals surface area contributed by atoms with Crippen molar-refractivity contribution in [2.45, 2.75) is 24.3 Å². The molecule has 2 fully saturated rings. The zero-order valence-corrected chi connectivity index (χ0v) is 28.1. The molecule has 6 rings (SSSR count). The Labute approximate surface area is 292 Å². The Morgan fingerprint density at radius 3 is 1.26 bits per heavy atom. The Balaban J connectivity index is 1.24. The average Bonchev–Trinajstić information content (AvgIpc) is 3.16. The molecule has 4 atom stereocenters. The minimum atomic E-state index is -0.801. The Morgan fingerprint density at radius 2 is 0.920 bits per heavy atom. The fourth-order valence-electron chi connectivity index (χ4n) is 6.19. The van der Waals surface area contributed by atoms with E-state index >= 15 is 0 Å². The van der Waals surface area contributed by atoms with Crippen LogP contribution in [0.2, 0.25) is 0 Å². The van der Waals surface area contributed by atoms with E-state index in [1.165, 1.54) is 0 Å². The number of methoxy groups -OCH3 is 2. The van der Waals surface area contributed by atoms with Gasteiger partial charge in [-0.1, -0.05) is 73.8 Å². The number of carbonyl (C=O) groups is 2. The number of para-hydroxylation sites is 4. The average molecular weight is 677 g/mol. The number of rotatable bonds is 17. The molecular formula is C40H40N2O8. The summed E-state index contributed by atoms with van der Waals surface area (Å²) in [5.41, 5.74) is 1.75. The highest BCUT2D eigenvalue weighted by atomic mass is 16.5. The van der Waals surface area contributed by atoms with Crippen molar-refractivity contribution in [1.29, 1.82) is 0 Å². The van der Waals surface area contributed by atoms with Gasteiger partial charge in [-0.15, -0.1) is 0 Å². The van der Waals surface area contributed by atoms with E-state index in [4.69, 9.17) is 28.4 Å². The quantitative estimate of drug-likeness (QED) is 0.0965. The van der Waals surface area contributed by atoms with Gasteiger partial charge in [-0.05, 0) is 59.7 Å². The second-order valence-corrected chi connectivity index (χ2v) is 11.7. The summed E-state index contributed by atoms with van der Waals surface area (Å²) in [6.07, 6.45) is 1.69. The zero-order chi connectivity index (χ0) is 35.0. The molecule has 258 valence electrons. The molecule has 0 N–H and O–H groups in total. The first-order valence-electron chi connectivity index (χ1n) is 16.3. The van der Waals surface area contributed by atoms with Crippen molar-refractivity contribution < 1.29 is 38.0 Å². The van der Waals surface area contributed by atoms with Crippen LogP contribution >= 0.6 is 0 Å². The van der Waals surface area contributed by atoms with Crippen LogP contribution in [0.3, 0.4) is 0 Å². The van der Waals surface area contributed by atoms with E-state index in [0.717, 1.165) is 11.1 Å². The molecule has 2 saturated heterocycles. The van der Waals surface area contributed by atoms with E-state index in [1.807, 2.05) is 72.8 Å². The summed E-state index contributed by atoms with van der Waals surface area (Å²) in [7, 11) is 3.21. The predicted octanol–water partition coefficient (Wildman–Crippen LogP) is 6.20. The lowest BCUT2D eigenvalue weighted by Gasteiger charge is -2.50. The molecule has 0 bridgehead atoms. The molecule has 0 aromatic heterocycles. The van der Waals surface area contributed by atoms with Crippen LogP contribution in [0.4, 0.5) is 0 Å². The summed E-state index contributed by atoms with van der Waals surface area (Å²) in [6.45, 7) is 8.57. The van der Waals surface area contributed by atoms with Gasteiger partial charge in [-0.25, -0.2) is 0 Å². The summed E-state index contributed by atoms with van der Waals surface area (Å²) >= 11 is 0. The molecule has 2 amide bonds. The van der Waals surface area contributed by atoms with Crippen molar-refractivity contribution >= 4 is 11.8 Å². The van der Waals surface area contributed by atoms with Crippen LogP contribution in [0.15, 0.2) is 122 Å². The molecule has 0 aliphatic carbocycles. The molecule has 0 spiro atoms. The molecule has 4 aromatic carbocycles. The predicted molar refractivity (Wildman–Crippen MR) is 188 cm³/mol. The first kappa shape index (κ1) is 34.0. The van der Waals surface area contributed by atoms with Gasteiger partial charge in [0.05, 0.1) is 14.2 Å². The third kappa shape index (κ3) is 6.96. The molecule has 2 heterocycles. The van der Waals surface area contributed by atoms with Gasteiger partial charge in [-0.3, -0.25) is 9.59 Å². The highest BCUT2D eigenvalue weighted by Gasteiger charge is 2.53. The van der Waals surface area contributed by atoms with Crippen molar-refractivity contribution in [3.63, 3.8) is 0 Å². The van der Waals surface area contributed by atoms with Crippen molar-refractivity contribution in [2.24, 2.45) is 0 Å². The number of hydrogen-bond acceptors (Lipinski definition) is 8. The number of nitrogens with zero attached hydrogens (tertiary/aromatic N) is 2. The largest absolute Gasteiger partial charge is 0.497 e. The normalized spacial score (nSPS) is 19.5. The minimum absolute atomic E-state index is 0.195. The lowest BCUT2D eigenvalue weighted by Crippen LogP contribution is -2.66. The van der Waals surface area contributed by atoms with Crippen LogP contribution in [0.25, 0.3) is 0 Å². The van der Waals surface area contributed by atoms with Crippen LogP contribution < -0.4 is 28.4 Å². The maximum atomic E-state index is 13.8. The fourth-order valence-corrected chi connectivity index (χ4v) is 6.19. The Kier molecular flexibility index (Phi) is 10.6. The second-order valence-electron chi connectivity index (χ2n) is 11.7. The smallest absolute Gasteiger partial charge is 0.266 e. The number of β-lactam (4-membered cyclic amide) rings is 2. The Bertz CT molecular complexity index is 1680. The molecule has 2 aliphatic rings. The van der Waals surface area contributed by atoms with E-state index in [9.17, 15) is 9.59 Å². The summed E-state index contributed by atoms with van der Waals surface area (Å²) in [5.74, 6) is 2.96. The lowest BCUT2D eigenvalue weighted by atomic mass is 9.88. The van der Waals surface area contributed by atoms with Crippen LogP contribution in [0.5, 0.6) is 34.5 Å². The van der Waals surface area contributed by atoms with Gasteiger partial charge in [0.1, 0.15) is 36.8 Å². The first-order chi connectivity index (χ1) is 24.5. The standard InChI is InChI=1S/C40H40N2O8/c1-5-25-47-31-11-7-9-13-33(31)49-37-35(27-15-19-29(45-3)20-16-27)41(39(37)43)23-24-42-36(28-17-21-30(46-4)22-18-28)38(40(42)44)50-34-14-10-8-12-32(34)48-26-6-2/h5-22,35-38H,1-2,23-26H2,3-4H3/t35-,36+,37+,38-. The summed E-state index contributed by atoms with van der Waals surface area (Å²) in [4.78, 5) is 31.1. The van der Waals surface area contributed by atoms with Gasteiger partial charge in [-0.2, -0.15) is 0 Å². The van der Waals surface area contributed by atoms with Crippen LogP contribution in [0.1, 0.15) is 23.2 Å². The number of hydrogen-bond donors (Lipinski definition) is 0. The number of ether oxygens (including phenoxy) is 6. The lowest BCUT2D eigenvalue weighted by molar-refractivity contribution is -0.172. The molecule has 0 unspecified atom stereocenters. The van der Waals surface area contributed by atoms with Gasteiger partial charge >= 0.3 is 0 Å². The van der Waals surface area contributed by atoms with Crippen molar-refractivity contribution in [2.75, 3.05) is 40.5 Å². The van der Waals surface area contributed by atoms with E-state index < -0.39 is 24.3 Å². The van der Waals surface area contributed by atoms with Gasteiger partial charge in [0.15, 0.2) is 23.0 Å². The van der Waals surface area contributed by atoms with E-state index in [2.05, 4.69) is 13.2 Å². The van der Waals surface area contributed by atoms with Gasteiger partial charge in [0, 0.05) is 13.1 Å². The van der Waals surface area contributed by atoms with Gasteiger partial charge in [0.25, 0.3) is 11.8 Å². The van der Waals surface area contributed by atoms with Crippen LogP contribution in [-0.2, 0) is 9.59 Å². The molecule has 50 heavy (non-hydrogen) atoms. The molecule has 10 heteroatoms. The summed E-state index contributed by atoms with van der Waals surface area (Å²) < 4.78 is 35.0. The fraction of sp³-hybridized carbons (Fsp3) is 0.250. The number of amides is 2. The van der Waals surface area contributed by atoms with Crippen molar-refractivity contribution in [1.82, 2.24) is 9.80 Å². The monoisotopic (exact) mass is 676 g/mol. The minimum Gasteiger partial charge on any atom is -0.497 e. The molecule has 10 nitrogen and oxygen atoms in total. The van der Waals surface area contributed by atoms with Crippen LogP contribution in [-0.4, -0.2) is 74.3 Å². The van der Waals surface area contributed by atoms with E-state index in [0.29, 0.717) is 47.7 Å². The highest BCUT2D eigenvalue weighted by molar-refractivity contribution is 5.91. The van der Waals surface area contributed by atoms with Crippen LogP contribution in [0, 0.1) is 0 Å². The summed E-state index contributed by atoms with van der Waals surface area (Å²) in [6, 6.07) is 28.7. The molecule has 0 radical (unpaired) electrons. The Morgan fingerprint density at radius 1 is 0.560 bits per heavy atom. The third-order valence-electron chi connectivity index (χ3n) is 8.71.